The van der Waals surface area contributed by atoms with Crippen molar-refractivity contribution < 1.29 is 13.2 Å². The molecular formula is C22H30N4O3S. The van der Waals surface area contributed by atoms with Gasteiger partial charge in [0.2, 0.25) is 15.9 Å². The number of carbonyl (C=O) groups is 1. The second-order valence-corrected chi connectivity index (χ2v) is 10.5. The molecule has 0 unspecified atom stereocenters. The average molecular weight is 431 g/mol. The molecular weight excluding hydrogens is 400 g/mol. The van der Waals surface area contributed by atoms with E-state index < -0.39 is 10.0 Å². The van der Waals surface area contributed by atoms with Gasteiger partial charge in [-0.2, -0.15) is 4.31 Å². The molecule has 1 aromatic carbocycles. The molecule has 3 heterocycles. The van der Waals surface area contributed by atoms with Crippen LogP contribution in [0.5, 0.6) is 0 Å². The molecule has 7 nitrogen and oxygen atoms in total. The second-order valence-electron chi connectivity index (χ2n) is 8.63. The quantitative estimate of drug-likeness (QED) is 0.747. The number of piperidine rings is 1. The maximum absolute atomic E-state index is 13.2. The number of carbonyl (C=O) groups excluding carboxylic acids is 1. The van der Waals surface area contributed by atoms with Crippen molar-refractivity contribution in [2.24, 2.45) is 5.92 Å². The van der Waals surface area contributed by atoms with Crippen LogP contribution in [0.2, 0.25) is 0 Å². The van der Waals surface area contributed by atoms with Gasteiger partial charge < -0.3 is 9.47 Å². The van der Waals surface area contributed by atoms with E-state index in [9.17, 15) is 13.2 Å². The third-order valence-electron chi connectivity index (χ3n) is 6.32. The fourth-order valence-corrected chi connectivity index (χ4v) is 5.89. The van der Waals surface area contributed by atoms with Crippen LogP contribution in [0.4, 0.5) is 0 Å². The van der Waals surface area contributed by atoms with E-state index in [1.54, 1.807) is 12.1 Å². The molecule has 2 aromatic rings. The Kier molecular flexibility index (Phi) is 5.72. The zero-order valence-corrected chi connectivity index (χ0v) is 18.7. The van der Waals surface area contributed by atoms with Crippen LogP contribution in [0.3, 0.4) is 0 Å². The summed E-state index contributed by atoms with van der Waals surface area (Å²) in [6.07, 6.45) is 4.28. The van der Waals surface area contributed by atoms with Crippen molar-refractivity contribution in [2.45, 2.75) is 57.5 Å². The first-order valence-corrected chi connectivity index (χ1v) is 12.1. The number of likely N-dealkylation sites (tertiary alicyclic amines) is 1. The lowest BCUT2D eigenvalue weighted by Gasteiger charge is -2.32. The molecule has 1 atom stereocenters. The number of amides is 1. The van der Waals surface area contributed by atoms with Crippen molar-refractivity contribution >= 4 is 15.9 Å². The molecule has 0 radical (unpaired) electrons. The number of benzene rings is 1. The lowest BCUT2D eigenvalue weighted by Crippen LogP contribution is -2.41. The molecule has 30 heavy (non-hydrogen) atoms. The Morgan fingerprint density at radius 3 is 2.40 bits per heavy atom. The molecule has 1 amide bonds. The number of aromatic nitrogens is 2. The molecule has 0 N–H and O–H groups in total. The first-order valence-electron chi connectivity index (χ1n) is 10.7. The number of hydrogen-bond acceptors (Lipinski definition) is 4. The van der Waals surface area contributed by atoms with Crippen LogP contribution in [0.15, 0.2) is 35.4 Å². The predicted octanol–water partition coefficient (Wildman–Crippen LogP) is 2.76. The van der Waals surface area contributed by atoms with Crippen LogP contribution >= 0.6 is 0 Å². The first-order chi connectivity index (χ1) is 14.3. The van der Waals surface area contributed by atoms with Crippen molar-refractivity contribution in [1.29, 1.82) is 0 Å². The number of fused-ring (bicyclic) bond motifs is 1. The summed E-state index contributed by atoms with van der Waals surface area (Å²) in [4.78, 5) is 19.6. The van der Waals surface area contributed by atoms with E-state index >= 15 is 0 Å². The topological polar surface area (TPSA) is 75.5 Å². The van der Waals surface area contributed by atoms with E-state index in [1.807, 2.05) is 41.6 Å². The molecule has 4 rings (SSSR count). The summed E-state index contributed by atoms with van der Waals surface area (Å²) >= 11 is 0. The van der Waals surface area contributed by atoms with E-state index in [4.69, 9.17) is 0 Å². The highest BCUT2D eigenvalue weighted by molar-refractivity contribution is 7.89. The second kappa shape index (κ2) is 8.15. The van der Waals surface area contributed by atoms with Gasteiger partial charge in [0.25, 0.3) is 0 Å². The van der Waals surface area contributed by atoms with Gasteiger partial charge in [0.05, 0.1) is 23.1 Å². The summed E-state index contributed by atoms with van der Waals surface area (Å²) in [5.41, 5.74) is 1.74. The molecule has 0 aliphatic carbocycles. The lowest BCUT2D eigenvalue weighted by atomic mass is 9.99. The fraction of sp³-hybridized carbons (Fsp3) is 0.545. The van der Waals surface area contributed by atoms with E-state index in [-0.39, 0.29) is 18.4 Å². The molecule has 1 aromatic heterocycles. The van der Waals surface area contributed by atoms with Crippen molar-refractivity contribution in [1.82, 2.24) is 18.8 Å². The summed E-state index contributed by atoms with van der Waals surface area (Å²) in [5.74, 6) is 1.48. The highest BCUT2D eigenvalue weighted by Crippen LogP contribution is 2.30. The molecule has 1 fully saturated rings. The van der Waals surface area contributed by atoms with Crippen molar-refractivity contribution in [3.05, 3.63) is 47.5 Å². The molecule has 0 bridgehead atoms. The zero-order chi connectivity index (χ0) is 21.5. The van der Waals surface area contributed by atoms with E-state index in [1.165, 1.54) is 4.31 Å². The van der Waals surface area contributed by atoms with Gasteiger partial charge >= 0.3 is 0 Å². The Bertz CT molecular complexity index is 1020. The minimum absolute atomic E-state index is 0.106. The van der Waals surface area contributed by atoms with Gasteiger partial charge in [-0.05, 0) is 44.7 Å². The van der Waals surface area contributed by atoms with Crippen LogP contribution in [0, 0.1) is 12.8 Å². The molecule has 0 spiro atoms. The van der Waals surface area contributed by atoms with Crippen LogP contribution in [-0.2, 0) is 27.8 Å². The van der Waals surface area contributed by atoms with E-state index in [2.05, 4.69) is 11.9 Å². The molecule has 0 saturated carbocycles. The van der Waals surface area contributed by atoms with Gasteiger partial charge in [0.1, 0.15) is 5.82 Å². The molecule has 162 valence electrons. The highest BCUT2D eigenvalue weighted by atomic mass is 32.2. The van der Waals surface area contributed by atoms with Gasteiger partial charge in [-0.1, -0.05) is 24.6 Å². The number of nitrogens with zero attached hydrogens (tertiary/aromatic N) is 4. The number of sulfonamides is 1. The summed E-state index contributed by atoms with van der Waals surface area (Å²) in [6.45, 7) is 8.57. The number of imidazole rings is 1. The minimum Gasteiger partial charge on any atom is -0.342 e. The maximum Gasteiger partial charge on any atom is 0.243 e. The summed E-state index contributed by atoms with van der Waals surface area (Å²) in [5, 5.41) is 0. The average Bonchev–Trinajstić information content (AvgIpc) is 3.12. The molecule has 2 aliphatic heterocycles. The SMILES string of the molecule is Cc1ccc(S(=O)(=O)N2CCn3cc(CC(=O)N4CCC(C)CC4)nc3[C@H]2C)cc1. The standard InChI is InChI=1S/C22H30N4O3S/c1-16-4-6-20(7-5-16)30(28,29)26-13-12-25-15-19(23-22(25)18(26)3)14-21(27)24-10-8-17(2)9-11-24/h4-7,15,17-18H,8-14H2,1-3H3/t18-/m1/s1. The molecule has 2 aliphatic rings. The largest absolute Gasteiger partial charge is 0.342 e. The van der Waals surface area contributed by atoms with E-state index in [0.29, 0.717) is 29.7 Å². The summed E-state index contributed by atoms with van der Waals surface area (Å²) < 4.78 is 29.8. The third-order valence-corrected chi connectivity index (χ3v) is 8.30. The molecule has 1 saturated heterocycles. The number of rotatable bonds is 4. The molecule has 8 heteroatoms. The Morgan fingerprint density at radius 2 is 1.73 bits per heavy atom. The van der Waals surface area contributed by atoms with Crippen molar-refractivity contribution in [3.63, 3.8) is 0 Å². The fourth-order valence-electron chi connectivity index (χ4n) is 4.31. The Morgan fingerprint density at radius 1 is 1.07 bits per heavy atom. The Labute approximate surface area is 178 Å². The first kappa shape index (κ1) is 21.1. The van der Waals surface area contributed by atoms with Crippen molar-refractivity contribution in [3.8, 4) is 0 Å². The van der Waals surface area contributed by atoms with E-state index in [0.717, 1.165) is 37.2 Å². The maximum atomic E-state index is 13.2. The summed E-state index contributed by atoms with van der Waals surface area (Å²) in [6, 6.07) is 6.55. The number of hydrogen-bond donors (Lipinski definition) is 0. The summed E-state index contributed by atoms with van der Waals surface area (Å²) in [7, 11) is -3.60. The monoisotopic (exact) mass is 430 g/mol. The van der Waals surface area contributed by atoms with Crippen LogP contribution in [0.1, 0.15) is 49.8 Å². The van der Waals surface area contributed by atoms with Crippen LogP contribution in [-0.4, -0.2) is 52.7 Å². The van der Waals surface area contributed by atoms with Crippen LogP contribution < -0.4 is 0 Å². The van der Waals surface area contributed by atoms with Crippen molar-refractivity contribution in [2.75, 3.05) is 19.6 Å². The van der Waals surface area contributed by atoms with Gasteiger partial charge in [-0.3, -0.25) is 4.79 Å². The van der Waals surface area contributed by atoms with Crippen LogP contribution in [0.25, 0.3) is 0 Å². The minimum atomic E-state index is -3.60. The Balaban J connectivity index is 1.50. The zero-order valence-electron chi connectivity index (χ0n) is 17.9. The van der Waals surface area contributed by atoms with Gasteiger partial charge in [0.15, 0.2) is 0 Å². The predicted molar refractivity (Wildman–Crippen MR) is 114 cm³/mol. The lowest BCUT2D eigenvalue weighted by molar-refractivity contribution is -0.131. The normalized spacial score (nSPS) is 20.9. The van der Waals surface area contributed by atoms with Gasteiger partial charge in [-0.25, -0.2) is 13.4 Å². The highest BCUT2D eigenvalue weighted by Gasteiger charge is 2.35. The smallest absolute Gasteiger partial charge is 0.243 e. The van der Waals surface area contributed by atoms with Gasteiger partial charge in [-0.15, -0.1) is 0 Å². The van der Waals surface area contributed by atoms with Gasteiger partial charge in [0, 0.05) is 32.4 Å². The third kappa shape index (κ3) is 4.03. The Hall–Kier alpha value is -2.19. The number of aryl methyl sites for hydroxylation is 1.